The summed E-state index contributed by atoms with van der Waals surface area (Å²) in [6, 6.07) is 13.5. The summed E-state index contributed by atoms with van der Waals surface area (Å²) in [6.07, 6.45) is 0. The van der Waals surface area contributed by atoms with Crippen molar-refractivity contribution >= 4 is 11.5 Å². The highest BCUT2D eigenvalue weighted by Gasteiger charge is 2.34. The zero-order valence-corrected chi connectivity index (χ0v) is 13.6. The van der Waals surface area contributed by atoms with Crippen molar-refractivity contribution in [1.29, 1.82) is 0 Å². The average molecular weight is 308 g/mol. The molecule has 1 aliphatic rings. The number of carbonyl (C=O) groups excluding carboxylic acids is 1. The summed E-state index contributed by atoms with van der Waals surface area (Å²) in [5.41, 5.74) is 5.68. The highest BCUT2D eigenvalue weighted by Crippen LogP contribution is 2.46. The largest absolute Gasteiger partial charge is 0.508 e. The van der Waals surface area contributed by atoms with E-state index in [1.54, 1.807) is 19.1 Å². The van der Waals surface area contributed by atoms with E-state index in [0.717, 1.165) is 22.3 Å². The topological polar surface area (TPSA) is 46.5 Å². The Morgan fingerprint density at radius 2 is 1.83 bits per heavy atom. The fraction of sp³-hybridized carbons (Fsp3) is 0.250. The maximum absolute atomic E-state index is 12.4. The number of phenolic OH excluding ortho intramolecular Hbond substituents is 1. The second-order valence-corrected chi connectivity index (χ2v) is 5.89. The van der Waals surface area contributed by atoms with Crippen molar-refractivity contribution < 1.29 is 14.6 Å². The van der Waals surface area contributed by atoms with Crippen molar-refractivity contribution in [2.45, 2.75) is 26.7 Å². The molecule has 0 aliphatic heterocycles. The van der Waals surface area contributed by atoms with Crippen molar-refractivity contribution in [3.05, 3.63) is 70.3 Å². The van der Waals surface area contributed by atoms with Gasteiger partial charge in [0.25, 0.3) is 0 Å². The first-order valence-corrected chi connectivity index (χ1v) is 7.80. The Hall–Kier alpha value is -2.55. The maximum Gasteiger partial charge on any atom is 0.338 e. The lowest BCUT2D eigenvalue weighted by molar-refractivity contribution is -0.136. The number of benzene rings is 2. The van der Waals surface area contributed by atoms with E-state index in [1.807, 2.05) is 13.0 Å². The van der Waals surface area contributed by atoms with Crippen molar-refractivity contribution in [3.63, 3.8) is 0 Å². The number of fused-ring (bicyclic) bond motifs is 1. The van der Waals surface area contributed by atoms with E-state index in [4.69, 9.17) is 4.74 Å². The molecule has 0 aromatic heterocycles. The van der Waals surface area contributed by atoms with Crippen LogP contribution in [0.25, 0.3) is 5.57 Å². The smallest absolute Gasteiger partial charge is 0.338 e. The van der Waals surface area contributed by atoms with E-state index in [1.165, 1.54) is 5.56 Å². The molecule has 0 fully saturated rings. The molecule has 0 spiro atoms. The molecule has 2 aromatic rings. The minimum absolute atomic E-state index is 0.0191. The summed E-state index contributed by atoms with van der Waals surface area (Å²) in [5.74, 6) is -0.153. The third kappa shape index (κ3) is 2.63. The first kappa shape index (κ1) is 15.3. The third-order valence-corrected chi connectivity index (χ3v) is 4.33. The Balaban J connectivity index is 2.17. The van der Waals surface area contributed by atoms with Crippen LogP contribution in [0.3, 0.4) is 0 Å². The van der Waals surface area contributed by atoms with Crippen LogP contribution < -0.4 is 0 Å². The van der Waals surface area contributed by atoms with Crippen LogP contribution in [0, 0.1) is 6.92 Å². The van der Waals surface area contributed by atoms with Gasteiger partial charge in [-0.3, -0.25) is 0 Å². The van der Waals surface area contributed by atoms with Crippen LogP contribution in [0.5, 0.6) is 5.75 Å². The SMILES string of the molecule is CCOC(=O)C1=C(C)C(c2ccc(C)cc2)c2ccc(O)cc21. The first-order valence-electron chi connectivity index (χ1n) is 7.80. The third-order valence-electron chi connectivity index (χ3n) is 4.33. The van der Waals surface area contributed by atoms with E-state index in [0.29, 0.717) is 12.2 Å². The van der Waals surface area contributed by atoms with Gasteiger partial charge in [-0.2, -0.15) is 0 Å². The Morgan fingerprint density at radius 3 is 2.48 bits per heavy atom. The number of ether oxygens (including phenoxy) is 1. The number of aryl methyl sites for hydroxylation is 1. The van der Waals surface area contributed by atoms with Gasteiger partial charge < -0.3 is 9.84 Å². The van der Waals surface area contributed by atoms with Crippen molar-refractivity contribution in [1.82, 2.24) is 0 Å². The van der Waals surface area contributed by atoms with Gasteiger partial charge in [0.15, 0.2) is 0 Å². The van der Waals surface area contributed by atoms with Gasteiger partial charge in [-0.1, -0.05) is 35.9 Å². The summed E-state index contributed by atoms with van der Waals surface area (Å²) in [7, 11) is 0. The Labute approximate surface area is 136 Å². The molecule has 0 radical (unpaired) electrons. The molecule has 23 heavy (non-hydrogen) atoms. The molecule has 3 heteroatoms. The van der Waals surface area contributed by atoms with E-state index in [-0.39, 0.29) is 17.6 Å². The van der Waals surface area contributed by atoms with Gasteiger partial charge in [-0.15, -0.1) is 0 Å². The summed E-state index contributed by atoms with van der Waals surface area (Å²) >= 11 is 0. The molecule has 1 atom stereocenters. The highest BCUT2D eigenvalue weighted by molar-refractivity contribution is 6.20. The van der Waals surface area contributed by atoms with Crippen LogP contribution >= 0.6 is 0 Å². The fourth-order valence-corrected chi connectivity index (χ4v) is 3.27. The second-order valence-electron chi connectivity index (χ2n) is 5.89. The minimum atomic E-state index is -0.327. The molecule has 0 amide bonds. The summed E-state index contributed by atoms with van der Waals surface area (Å²) < 4.78 is 5.22. The van der Waals surface area contributed by atoms with Crippen LogP contribution in [0.15, 0.2) is 48.0 Å². The molecule has 118 valence electrons. The lowest BCUT2D eigenvalue weighted by Gasteiger charge is -2.15. The molecule has 0 saturated heterocycles. The molecule has 1 aliphatic carbocycles. The normalized spacial score (nSPS) is 16.4. The molecule has 2 aromatic carbocycles. The lowest BCUT2D eigenvalue weighted by Crippen LogP contribution is -2.07. The van der Waals surface area contributed by atoms with Crippen LogP contribution in [-0.2, 0) is 9.53 Å². The standard InChI is InChI=1S/C20H20O3/c1-4-23-20(22)19-13(3)18(14-7-5-12(2)6-8-14)16-10-9-15(21)11-17(16)19/h5-11,18,21H,4H2,1-3H3. The quantitative estimate of drug-likeness (QED) is 0.865. The fourth-order valence-electron chi connectivity index (χ4n) is 3.27. The highest BCUT2D eigenvalue weighted by atomic mass is 16.5. The molecule has 0 saturated carbocycles. The molecule has 0 heterocycles. The van der Waals surface area contributed by atoms with Gasteiger partial charge >= 0.3 is 5.97 Å². The van der Waals surface area contributed by atoms with Gasteiger partial charge in [0.05, 0.1) is 12.2 Å². The Kier molecular flexibility index (Phi) is 3.95. The van der Waals surface area contributed by atoms with Gasteiger partial charge in [-0.25, -0.2) is 4.79 Å². The zero-order valence-electron chi connectivity index (χ0n) is 13.6. The molecule has 3 rings (SSSR count). The van der Waals surface area contributed by atoms with Gasteiger partial charge in [0, 0.05) is 5.92 Å². The maximum atomic E-state index is 12.4. The van der Waals surface area contributed by atoms with Crippen molar-refractivity contribution in [3.8, 4) is 5.75 Å². The molecule has 1 N–H and O–H groups in total. The molecule has 3 nitrogen and oxygen atoms in total. The minimum Gasteiger partial charge on any atom is -0.508 e. The first-order chi connectivity index (χ1) is 11.0. The number of esters is 1. The van der Waals surface area contributed by atoms with Crippen LogP contribution in [0.4, 0.5) is 0 Å². The number of rotatable bonds is 3. The molecular weight excluding hydrogens is 288 g/mol. The summed E-state index contributed by atoms with van der Waals surface area (Å²) in [6.45, 7) is 6.15. The Bertz CT molecular complexity index is 785. The number of aromatic hydroxyl groups is 1. The van der Waals surface area contributed by atoms with Gasteiger partial charge in [0.1, 0.15) is 5.75 Å². The van der Waals surface area contributed by atoms with E-state index >= 15 is 0 Å². The number of allylic oxidation sites excluding steroid dienone is 1. The number of carbonyl (C=O) groups is 1. The van der Waals surface area contributed by atoms with Crippen LogP contribution in [-0.4, -0.2) is 17.7 Å². The predicted octanol–water partition coefficient (Wildman–Crippen LogP) is 4.18. The van der Waals surface area contributed by atoms with Crippen LogP contribution in [0.2, 0.25) is 0 Å². The van der Waals surface area contributed by atoms with E-state index < -0.39 is 0 Å². The number of hydrogen-bond acceptors (Lipinski definition) is 3. The van der Waals surface area contributed by atoms with E-state index in [2.05, 4.69) is 31.2 Å². The summed E-state index contributed by atoms with van der Waals surface area (Å²) in [5, 5.41) is 9.83. The summed E-state index contributed by atoms with van der Waals surface area (Å²) in [4.78, 5) is 12.4. The number of hydrogen-bond donors (Lipinski definition) is 1. The predicted molar refractivity (Wildman–Crippen MR) is 90.4 cm³/mol. The second kappa shape index (κ2) is 5.92. The molecule has 1 unspecified atom stereocenters. The molecule has 0 bridgehead atoms. The van der Waals surface area contributed by atoms with Crippen LogP contribution in [0.1, 0.15) is 42.0 Å². The van der Waals surface area contributed by atoms with E-state index in [9.17, 15) is 9.90 Å². The Morgan fingerprint density at radius 1 is 1.13 bits per heavy atom. The molecular formula is C20H20O3. The average Bonchev–Trinajstić information content (AvgIpc) is 2.80. The monoisotopic (exact) mass is 308 g/mol. The number of phenols is 1. The van der Waals surface area contributed by atoms with Crippen molar-refractivity contribution in [2.75, 3.05) is 6.61 Å². The van der Waals surface area contributed by atoms with Crippen molar-refractivity contribution in [2.24, 2.45) is 0 Å². The van der Waals surface area contributed by atoms with Gasteiger partial charge in [-0.05, 0) is 55.2 Å². The lowest BCUT2D eigenvalue weighted by atomic mass is 9.88. The van der Waals surface area contributed by atoms with Gasteiger partial charge in [0.2, 0.25) is 0 Å². The zero-order chi connectivity index (χ0) is 16.6.